The summed E-state index contributed by atoms with van der Waals surface area (Å²) in [4.78, 5) is 16.7. The van der Waals surface area contributed by atoms with Crippen LogP contribution in [0.15, 0.2) is 192 Å². The van der Waals surface area contributed by atoms with Crippen LogP contribution in [-0.4, -0.2) is 32.8 Å². The summed E-state index contributed by atoms with van der Waals surface area (Å²) in [6.07, 6.45) is 0. The van der Waals surface area contributed by atoms with Gasteiger partial charge in [0.25, 0.3) is 0 Å². The third-order valence-electron chi connectivity index (χ3n) is 14.0. The topological polar surface area (TPSA) is 56.7 Å². The van der Waals surface area contributed by atoms with Crippen LogP contribution in [0.25, 0.3) is 72.5 Å². The Bertz CT molecular complexity index is 3570. The summed E-state index contributed by atoms with van der Waals surface area (Å²) in [7, 11) is 0. The van der Waals surface area contributed by atoms with E-state index in [1.165, 1.54) is 34.3 Å². The zero-order valence-corrected chi connectivity index (χ0v) is 43.2. The van der Waals surface area contributed by atoms with Crippen molar-refractivity contribution in [2.45, 2.75) is 78.6 Å². The molecule has 0 unspecified atom stereocenters. The molecule has 0 saturated heterocycles. The van der Waals surface area contributed by atoms with Gasteiger partial charge in [-0.05, 0) is 5.41 Å². The summed E-state index contributed by atoms with van der Waals surface area (Å²) in [5.41, 5.74) is 8.74. The number of para-hydroxylation sites is 2. The van der Waals surface area contributed by atoms with Crippen molar-refractivity contribution in [1.29, 1.82) is 0 Å². The van der Waals surface area contributed by atoms with Crippen LogP contribution in [0.4, 0.5) is 0 Å². The standard InChI is InChI=1S/C63H58GeN4O/c1-61(2,3)42-37-50-51-38-43(62(4,5)6)40-53(63(7,8)9)57(51)69-56(50)52(39-42)59-65-58(66-60(67-59)68-54-34-21-19-32-48(54)49-33-20-22-35-55(49)68)41-24-23-31-47(36-41)64(44-25-13-10-14-26-44,45-27-15-11-16-28-45)46-29-17-12-18-30-46/h10-40H,1-9H3. The first-order valence-electron chi connectivity index (χ1n) is 24.2. The fourth-order valence-electron chi connectivity index (χ4n) is 10.4. The molecule has 0 spiro atoms. The summed E-state index contributed by atoms with van der Waals surface area (Å²) in [6.45, 7) is 20.5. The van der Waals surface area contributed by atoms with Crippen LogP contribution in [0.5, 0.6) is 0 Å². The van der Waals surface area contributed by atoms with E-state index in [1.54, 1.807) is 0 Å². The average Bonchev–Trinajstić information content (AvgIpc) is 3.90. The second-order valence-corrected chi connectivity index (χ2v) is 29.7. The van der Waals surface area contributed by atoms with E-state index in [2.05, 4.69) is 255 Å². The molecule has 0 bridgehead atoms. The van der Waals surface area contributed by atoms with E-state index in [-0.39, 0.29) is 16.2 Å². The Morgan fingerprint density at radius 2 is 0.855 bits per heavy atom. The van der Waals surface area contributed by atoms with Crippen molar-refractivity contribution in [2.24, 2.45) is 0 Å². The molecule has 0 amide bonds. The summed E-state index contributed by atoms with van der Waals surface area (Å²) < 4.78 is 14.8. The molecular weight excluding hydrogens is 901 g/mol. The van der Waals surface area contributed by atoms with Crippen LogP contribution in [0, 0.1) is 0 Å². The SMILES string of the molecule is CC(C)(C)c1cc(-c2nc(-c3ccc[c]([Ge]([c]4ccccc4)([c]4ccccc4)[c]4ccccc4)c3)nc(-n3c4ccccc4c4ccccc43)n2)c2oc3c(C(C)(C)C)cc(C(C)(C)C)cc3c2c1. The maximum atomic E-state index is 7.26. The number of nitrogens with zero attached hydrogens (tertiary/aromatic N) is 4. The minimum absolute atomic E-state index is 0.0694. The molecule has 0 aliphatic rings. The first-order chi connectivity index (χ1) is 33.1. The van der Waals surface area contributed by atoms with Crippen LogP contribution in [0.2, 0.25) is 0 Å². The molecule has 5 nitrogen and oxygen atoms in total. The molecule has 0 atom stereocenters. The fraction of sp³-hybridized carbons (Fsp3) is 0.190. The van der Waals surface area contributed by atoms with Crippen molar-refractivity contribution >= 4 is 74.6 Å². The zero-order valence-electron chi connectivity index (χ0n) is 41.1. The number of benzene rings is 8. The quantitative estimate of drug-likeness (QED) is 0.149. The summed E-state index contributed by atoms with van der Waals surface area (Å²) >= 11 is -3.68. The second kappa shape index (κ2) is 16.6. The zero-order chi connectivity index (χ0) is 47.9. The number of furan rings is 1. The fourth-order valence-corrected chi connectivity index (χ4v) is 20.4. The number of rotatable bonds is 7. The van der Waals surface area contributed by atoms with Gasteiger partial charge in [0.2, 0.25) is 0 Å². The Hall–Kier alpha value is -7.09. The Morgan fingerprint density at radius 3 is 1.38 bits per heavy atom. The molecule has 6 heteroatoms. The van der Waals surface area contributed by atoms with Gasteiger partial charge in [-0.3, -0.25) is 0 Å². The van der Waals surface area contributed by atoms with Gasteiger partial charge in [0, 0.05) is 0 Å². The summed E-state index contributed by atoms with van der Waals surface area (Å²) in [5, 5.41) is 4.47. The van der Waals surface area contributed by atoms with Gasteiger partial charge in [-0.1, -0.05) is 41.5 Å². The Morgan fingerprint density at radius 1 is 0.391 bits per heavy atom. The predicted molar refractivity (Wildman–Crippen MR) is 292 cm³/mol. The normalized spacial score (nSPS) is 12.7. The molecule has 8 aromatic carbocycles. The summed E-state index contributed by atoms with van der Waals surface area (Å²) in [5.74, 6) is 1.71. The van der Waals surface area contributed by atoms with Crippen LogP contribution >= 0.6 is 0 Å². The Balaban J connectivity index is 1.24. The molecule has 0 aliphatic heterocycles. The van der Waals surface area contributed by atoms with Gasteiger partial charge in [-0.2, -0.15) is 0 Å². The van der Waals surface area contributed by atoms with Crippen LogP contribution in [-0.2, 0) is 16.2 Å². The molecule has 11 rings (SSSR count). The van der Waals surface area contributed by atoms with Crippen molar-refractivity contribution in [3.05, 3.63) is 205 Å². The monoisotopic (exact) mass is 960 g/mol. The molecule has 69 heavy (non-hydrogen) atoms. The van der Waals surface area contributed by atoms with Crippen molar-refractivity contribution in [3.63, 3.8) is 0 Å². The molecule has 3 heterocycles. The second-order valence-electron chi connectivity index (χ2n) is 21.7. The number of fused-ring (bicyclic) bond motifs is 6. The summed E-state index contributed by atoms with van der Waals surface area (Å²) in [6, 6.07) is 68.8. The van der Waals surface area contributed by atoms with E-state index in [9.17, 15) is 0 Å². The van der Waals surface area contributed by atoms with Crippen molar-refractivity contribution in [2.75, 3.05) is 0 Å². The first kappa shape index (κ1) is 44.4. The van der Waals surface area contributed by atoms with Gasteiger partial charge < -0.3 is 0 Å². The van der Waals surface area contributed by atoms with Crippen LogP contribution in [0.1, 0.15) is 79.0 Å². The number of hydrogen-bond acceptors (Lipinski definition) is 4. The van der Waals surface area contributed by atoms with Crippen molar-refractivity contribution in [1.82, 2.24) is 19.5 Å². The molecule has 0 aliphatic carbocycles. The average molecular weight is 960 g/mol. The van der Waals surface area contributed by atoms with E-state index in [4.69, 9.17) is 19.4 Å². The number of hydrogen-bond donors (Lipinski definition) is 0. The van der Waals surface area contributed by atoms with Crippen LogP contribution < -0.4 is 17.6 Å². The molecule has 340 valence electrons. The van der Waals surface area contributed by atoms with E-state index in [0.29, 0.717) is 17.6 Å². The van der Waals surface area contributed by atoms with E-state index in [0.717, 1.165) is 54.9 Å². The van der Waals surface area contributed by atoms with Gasteiger partial charge >= 0.3 is 364 Å². The van der Waals surface area contributed by atoms with Gasteiger partial charge in [0.15, 0.2) is 0 Å². The molecule has 0 radical (unpaired) electrons. The van der Waals surface area contributed by atoms with E-state index < -0.39 is 13.3 Å². The molecule has 0 saturated carbocycles. The van der Waals surface area contributed by atoms with Crippen molar-refractivity contribution < 1.29 is 4.42 Å². The Labute approximate surface area is 408 Å². The third-order valence-corrected chi connectivity index (χ3v) is 24.0. The molecule has 0 N–H and O–H groups in total. The van der Waals surface area contributed by atoms with Crippen LogP contribution in [0.3, 0.4) is 0 Å². The molecular formula is C63H58GeN4O. The van der Waals surface area contributed by atoms with Gasteiger partial charge in [-0.25, -0.2) is 0 Å². The van der Waals surface area contributed by atoms with Gasteiger partial charge in [-0.15, -0.1) is 0 Å². The first-order valence-corrected chi connectivity index (χ1v) is 28.4. The van der Waals surface area contributed by atoms with Crippen molar-refractivity contribution in [3.8, 4) is 28.7 Å². The number of aromatic nitrogens is 4. The Kier molecular flexibility index (Phi) is 10.7. The predicted octanol–water partition coefficient (Wildman–Crippen LogP) is 13.5. The van der Waals surface area contributed by atoms with Gasteiger partial charge in [0.1, 0.15) is 0 Å². The maximum absolute atomic E-state index is 7.26. The molecule has 0 fully saturated rings. The minimum atomic E-state index is -3.68. The van der Waals surface area contributed by atoms with E-state index >= 15 is 0 Å². The molecule has 11 aromatic rings. The van der Waals surface area contributed by atoms with E-state index in [1.807, 2.05) is 0 Å². The van der Waals surface area contributed by atoms with Gasteiger partial charge in [0.05, 0.1) is 0 Å². The molecule has 3 aromatic heterocycles. The third kappa shape index (κ3) is 7.59.